The van der Waals surface area contributed by atoms with Gasteiger partial charge in [0.25, 0.3) is 0 Å². The van der Waals surface area contributed by atoms with E-state index in [-0.39, 0.29) is 46.2 Å². The lowest BCUT2D eigenvalue weighted by molar-refractivity contribution is -0.290. The Morgan fingerprint density at radius 3 is 2.00 bits per heavy atom. The Labute approximate surface area is 180 Å². The maximum absolute atomic E-state index is 14.3. The lowest BCUT2D eigenvalue weighted by atomic mass is 9.99. The van der Waals surface area contributed by atoms with Gasteiger partial charge in [0.2, 0.25) is 11.8 Å². The maximum Gasteiger partial charge on any atom is 0.458 e. The van der Waals surface area contributed by atoms with Gasteiger partial charge in [0.05, 0.1) is 5.56 Å². The summed E-state index contributed by atoms with van der Waals surface area (Å²) in [5.41, 5.74) is -1.08. The van der Waals surface area contributed by atoms with Crippen LogP contribution >= 0.6 is 0 Å². The number of halogens is 6. The summed E-state index contributed by atoms with van der Waals surface area (Å²) in [5.74, 6) is -8.17. The van der Waals surface area contributed by atoms with Gasteiger partial charge in [-0.25, -0.2) is 4.39 Å². The van der Waals surface area contributed by atoms with E-state index in [0.29, 0.717) is 12.1 Å². The predicted molar refractivity (Wildman–Crippen MR) is 107 cm³/mol. The first-order valence-electron chi connectivity index (χ1n) is 9.81. The molecule has 1 aliphatic rings. The van der Waals surface area contributed by atoms with Crippen molar-refractivity contribution in [3.63, 3.8) is 0 Å². The van der Waals surface area contributed by atoms with Crippen LogP contribution in [0.25, 0.3) is 11.1 Å². The fourth-order valence-corrected chi connectivity index (χ4v) is 2.92. The molecule has 0 bridgehead atoms. The highest BCUT2D eigenvalue weighted by Gasteiger charge is 2.59. The van der Waals surface area contributed by atoms with Gasteiger partial charge < -0.3 is 10.6 Å². The number of hydrogen-bond donors (Lipinski definition) is 2. The summed E-state index contributed by atoms with van der Waals surface area (Å²) in [6, 6.07) is 6.16. The summed E-state index contributed by atoms with van der Waals surface area (Å²) >= 11 is 0. The molecule has 1 fully saturated rings. The third kappa shape index (κ3) is 5.05. The monoisotopic (exact) mass is 458 g/mol. The Morgan fingerprint density at radius 2 is 1.50 bits per heavy atom. The summed E-state index contributed by atoms with van der Waals surface area (Å²) < 4.78 is 79.3. The zero-order chi connectivity index (χ0) is 23.8. The maximum atomic E-state index is 14.3. The lowest BCUT2D eigenvalue weighted by Gasteiger charge is -2.21. The quantitative estimate of drug-likeness (QED) is 0.515. The van der Waals surface area contributed by atoms with Gasteiger partial charge in [0, 0.05) is 23.2 Å². The molecule has 1 saturated carbocycles. The van der Waals surface area contributed by atoms with E-state index in [2.05, 4.69) is 10.6 Å². The molecule has 0 unspecified atom stereocenters. The van der Waals surface area contributed by atoms with Gasteiger partial charge in [-0.3, -0.25) is 9.59 Å². The largest absolute Gasteiger partial charge is 0.458 e. The number of carbonyl (C=O) groups excluding carboxylic acids is 2. The second-order valence-corrected chi connectivity index (χ2v) is 7.97. The van der Waals surface area contributed by atoms with E-state index in [9.17, 15) is 35.9 Å². The van der Waals surface area contributed by atoms with E-state index in [0.717, 1.165) is 18.9 Å². The van der Waals surface area contributed by atoms with Crippen molar-refractivity contribution >= 4 is 23.2 Å². The predicted octanol–water partition coefficient (Wildman–Crippen LogP) is 6.09. The minimum Gasteiger partial charge on any atom is -0.326 e. The Kier molecular flexibility index (Phi) is 6.26. The molecule has 0 atom stereocenters. The van der Waals surface area contributed by atoms with Crippen LogP contribution in [0, 0.1) is 17.7 Å². The highest BCUT2D eigenvalue weighted by molar-refractivity contribution is 5.97. The van der Waals surface area contributed by atoms with Crippen LogP contribution in [0.5, 0.6) is 0 Å². The third-order valence-corrected chi connectivity index (χ3v) is 4.94. The minimum atomic E-state index is -5.95. The highest BCUT2D eigenvalue weighted by Crippen LogP contribution is 2.45. The average molecular weight is 458 g/mol. The van der Waals surface area contributed by atoms with Crippen LogP contribution in [0.2, 0.25) is 0 Å². The molecule has 2 amide bonds. The topological polar surface area (TPSA) is 58.2 Å². The van der Waals surface area contributed by atoms with Crippen LogP contribution in [-0.4, -0.2) is 18.0 Å². The van der Waals surface area contributed by atoms with Crippen LogP contribution in [0.15, 0.2) is 36.4 Å². The van der Waals surface area contributed by atoms with E-state index in [1.54, 1.807) is 13.8 Å². The van der Waals surface area contributed by atoms with Gasteiger partial charge in [-0.2, -0.15) is 22.0 Å². The molecule has 0 aliphatic heterocycles. The first-order chi connectivity index (χ1) is 14.8. The summed E-state index contributed by atoms with van der Waals surface area (Å²) in [7, 11) is 0. The van der Waals surface area contributed by atoms with E-state index in [1.165, 1.54) is 18.2 Å². The van der Waals surface area contributed by atoms with Gasteiger partial charge in [-0.1, -0.05) is 19.9 Å². The molecule has 0 aromatic heterocycles. The second kappa shape index (κ2) is 8.48. The molecule has 0 radical (unpaired) electrons. The zero-order valence-electron chi connectivity index (χ0n) is 17.1. The number of anilines is 2. The Hall–Kier alpha value is -3.04. The number of rotatable bonds is 6. The first-order valence-corrected chi connectivity index (χ1v) is 9.81. The van der Waals surface area contributed by atoms with Gasteiger partial charge in [0.1, 0.15) is 5.82 Å². The van der Waals surface area contributed by atoms with Crippen LogP contribution in [0.4, 0.5) is 37.7 Å². The molecular weight excluding hydrogens is 438 g/mol. The number of amides is 2. The fourth-order valence-electron chi connectivity index (χ4n) is 2.92. The van der Waals surface area contributed by atoms with Crippen LogP contribution in [0.3, 0.4) is 0 Å². The molecule has 4 nitrogen and oxygen atoms in total. The fraction of sp³-hybridized carbons (Fsp3) is 0.364. The molecular formula is C22H20F6N2O2. The molecule has 10 heteroatoms. The molecule has 172 valence electrons. The van der Waals surface area contributed by atoms with Crippen molar-refractivity contribution in [2.24, 2.45) is 11.8 Å². The average Bonchev–Trinajstić information content (AvgIpc) is 3.51. The number of benzene rings is 2. The van der Waals surface area contributed by atoms with Crippen molar-refractivity contribution < 1.29 is 35.9 Å². The smallest absolute Gasteiger partial charge is 0.326 e. The van der Waals surface area contributed by atoms with E-state index in [1.807, 2.05) is 0 Å². The van der Waals surface area contributed by atoms with Crippen molar-refractivity contribution in [3.05, 3.63) is 47.8 Å². The van der Waals surface area contributed by atoms with E-state index in [4.69, 9.17) is 0 Å². The normalized spacial score (nSPS) is 14.4. The van der Waals surface area contributed by atoms with Crippen LogP contribution < -0.4 is 10.6 Å². The van der Waals surface area contributed by atoms with Crippen LogP contribution in [-0.2, 0) is 15.5 Å². The molecule has 2 N–H and O–H groups in total. The minimum absolute atomic E-state index is 0.00760. The second-order valence-electron chi connectivity index (χ2n) is 7.97. The van der Waals surface area contributed by atoms with Crippen molar-refractivity contribution in [1.29, 1.82) is 0 Å². The highest BCUT2D eigenvalue weighted by atomic mass is 19.4. The van der Waals surface area contributed by atoms with E-state index < -0.39 is 23.5 Å². The summed E-state index contributed by atoms with van der Waals surface area (Å²) in [6.45, 7) is 3.31. The van der Waals surface area contributed by atoms with Gasteiger partial charge in [0.15, 0.2) is 0 Å². The van der Waals surface area contributed by atoms with Gasteiger partial charge >= 0.3 is 12.1 Å². The Bertz CT molecular complexity index is 1010. The van der Waals surface area contributed by atoms with Crippen molar-refractivity contribution in [1.82, 2.24) is 0 Å². The Morgan fingerprint density at radius 1 is 0.906 bits per heavy atom. The van der Waals surface area contributed by atoms with Crippen molar-refractivity contribution in [2.45, 2.75) is 38.8 Å². The number of alkyl halides is 5. The van der Waals surface area contributed by atoms with Gasteiger partial charge in [-0.05, 0) is 54.3 Å². The lowest BCUT2D eigenvalue weighted by Crippen LogP contribution is -2.34. The van der Waals surface area contributed by atoms with E-state index >= 15 is 0 Å². The number of carbonyl (C=O) groups is 2. The molecule has 3 rings (SSSR count). The first kappa shape index (κ1) is 23.6. The third-order valence-electron chi connectivity index (χ3n) is 4.94. The standard InChI is InChI=1S/C22H20F6N2O2/c1-11(2)19(31)29-15-7-14(8-16(10-15)30-20(32)12-3-4-12)13-5-6-17(18(23)9-13)21(24,25)22(26,27)28/h5-12H,3-4H2,1-2H3,(H,29,31)(H,30,32). The number of hydrogen-bond acceptors (Lipinski definition) is 2. The van der Waals surface area contributed by atoms with Gasteiger partial charge in [-0.15, -0.1) is 0 Å². The molecule has 0 heterocycles. The molecule has 0 saturated heterocycles. The molecule has 2 aromatic carbocycles. The molecule has 1 aliphatic carbocycles. The summed E-state index contributed by atoms with van der Waals surface area (Å²) in [5, 5.41) is 5.30. The summed E-state index contributed by atoms with van der Waals surface area (Å²) in [6.07, 6.45) is -4.47. The number of nitrogens with one attached hydrogen (secondary N) is 2. The SMILES string of the molecule is CC(C)C(=O)Nc1cc(NC(=O)C2CC2)cc(-c2ccc(C(F)(F)C(F)(F)F)c(F)c2)c1. The molecule has 2 aromatic rings. The van der Waals surface area contributed by atoms with Crippen molar-refractivity contribution in [3.8, 4) is 11.1 Å². The molecule has 32 heavy (non-hydrogen) atoms. The Balaban J connectivity index is 2.00. The summed E-state index contributed by atoms with van der Waals surface area (Å²) in [4.78, 5) is 24.2. The van der Waals surface area contributed by atoms with Crippen molar-refractivity contribution in [2.75, 3.05) is 10.6 Å². The van der Waals surface area contributed by atoms with Crippen LogP contribution in [0.1, 0.15) is 32.3 Å². The zero-order valence-corrected chi connectivity index (χ0v) is 17.1. The molecule has 0 spiro atoms.